The van der Waals surface area contributed by atoms with Crippen molar-refractivity contribution >= 4 is 22.4 Å². The first-order chi connectivity index (χ1) is 12.3. The van der Waals surface area contributed by atoms with Gasteiger partial charge in [-0.05, 0) is 12.5 Å². The van der Waals surface area contributed by atoms with Gasteiger partial charge in [0.1, 0.15) is 16.8 Å². The number of hydrogen-bond donors (Lipinski definition) is 1. The van der Waals surface area contributed by atoms with Gasteiger partial charge in [-0.15, -0.1) is 10.2 Å². The predicted molar refractivity (Wildman–Crippen MR) is 100 cm³/mol. The SMILES string of the molecule is Cc1c(C#N)c(-c2ccc(-c3nnc(N(C)C)s3)cc2)c(C(=O)O)n1C. The molecule has 8 heteroatoms. The minimum absolute atomic E-state index is 0.109. The molecule has 0 aliphatic heterocycles. The Labute approximate surface area is 154 Å². The van der Waals surface area contributed by atoms with E-state index in [-0.39, 0.29) is 5.69 Å². The molecular formula is C18H17N5O2S. The van der Waals surface area contributed by atoms with Crippen LogP contribution in [-0.4, -0.2) is 39.9 Å². The van der Waals surface area contributed by atoms with Gasteiger partial charge < -0.3 is 14.6 Å². The Morgan fingerprint density at radius 3 is 2.35 bits per heavy atom. The van der Waals surface area contributed by atoms with Crippen molar-refractivity contribution in [3.63, 3.8) is 0 Å². The fraction of sp³-hybridized carbons (Fsp3) is 0.222. The second-order valence-corrected chi connectivity index (χ2v) is 6.98. The van der Waals surface area contributed by atoms with Crippen molar-refractivity contribution in [1.29, 1.82) is 5.26 Å². The Balaban J connectivity index is 2.08. The minimum atomic E-state index is -1.06. The van der Waals surface area contributed by atoms with Crippen LogP contribution < -0.4 is 4.90 Å². The Hall–Kier alpha value is -3.18. The van der Waals surface area contributed by atoms with Crippen molar-refractivity contribution in [3.8, 4) is 27.8 Å². The number of carbonyl (C=O) groups is 1. The van der Waals surface area contributed by atoms with Crippen LogP contribution in [0.25, 0.3) is 21.7 Å². The Morgan fingerprint density at radius 2 is 1.85 bits per heavy atom. The normalized spacial score (nSPS) is 10.6. The van der Waals surface area contributed by atoms with Crippen LogP contribution in [0.3, 0.4) is 0 Å². The second-order valence-electron chi connectivity index (χ2n) is 6.02. The van der Waals surface area contributed by atoms with Gasteiger partial charge in [0.05, 0.1) is 5.56 Å². The van der Waals surface area contributed by atoms with Crippen molar-refractivity contribution < 1.29 is 9.90 Å². The highest BCUT2D eigenvalue weighted by atomic mass is 32.1. The summed E-state index contributed by atoms with van der Waals surface area (Å²) < 4.78 is 1.54. The predicted octanol–water partition coefficient (Wildman–Crippen LogP) is 3.15. The number of benzene rings is 1. The number of aromatic carboxylic acids is 1. The fourth-order valence-corrected chi connectivity index (χ4v) is 3.54. The number of anilines is 1. The van der Waals surface area contributed by atoms with E-state index >= 15 is 0 Å². The largest absolute Gasteiger partial charge is 0.477 e. The summed E-state index contributed by atoms with van der Waals surface area (Å²) >= 11 is 1.47. The molecule has 0 unspecified atom stereocenters. The monoisotopic (exact) mass is 367 g/mol. The lowest BCUT2D eigenvalue weighted by atomic mass is 9.99. The lowest BCUT2D eigenvalue weighted by Crippen LogP contribution is -2.07. The molecule has 0 bridgehead atoms. The van der Waals surface area contributed by atoms with Crippen LogP contribution in [0.5, 0.6) is 0 Å². The third-order valence-corrected chi connectivity index (χ3v) is 5.36. The highest BCUT2D eigenvalue weighted by Crippen LogP contribution is 2.34. The maximum atomic E-state index is 11.7. The standard InChI is InChI=1S/C18H17N5O2S/c1-10-13(9-19)14(15(17(24)25)23(10)4)11-5-7-12(8-6-11)16-20-21-18(26-16)22(2)3/h5-8H,1-4H3,(H,24,25). The van der Waals surface area contributed by atoms with Gasteiger partial charge >= 0.3 is 5.97 Å². The average Bonchev–Trinajstić information content (AvgIpc) is 3.19. The molecule has 7 nitrogen and oxygen atoms in total. The topological polar surface area (TPSA) is 95.0 Å². The lowest BCUT2D eigenvalue weighted by Gasteiger charge is -2.05. The van der Waals surface area contributed by atoms with Crippen LogP contribution in [0.4, 0.5) is 5.13 Å². The van der Waals surface area contributed by atoms with E-state index in [9.17, 15) is 15.2 Å². The summed E-state index contributed by atoms with van der Waals surface area (Å²) in [6.45, 7) is 1.74. The zero-order valence-corrected chi connectivity index (χ0v) is 15.6. The molecule has 2 aromatic heterocycles. The number of rotatable bonds is 4. The van der Waals surface area contributed by atoms with E-state index in [1.165, 1.54) is 15.9 Å². The van der Waals surface area contributed by atoms with Gasteiger partial charge in [-0.3, -0.25) is 0 Å². The maximum absolute atomic E-state index is 11.7. The molecule has 1 N–H and O–H groups in total. The molecule has 1 aromatic carbocycles. The first-order valence-corrected chi connectivity index (χ1v) is 8.61. The van der Waals surface area contributed by atoms with Crippen molar-refractivity contribution in [1.82, 2.24) is 14.8 Å². The van der Waals surface area contributed by atoms with E-state index in [1.54, 1.807) is 14.0 Å². The van der Waals surface area contributed by atoms with Crippen molar-refractivity contribution in [2.75, 3.05) is 19.0 Å². The molecule has 0 amide bonds. The van der Waals surface area contributed by atoms with Gasteiger partial charge in [0.15, 0.2) is 0 Å². The fourth-order valence-electron chi connectivity index (χ4n) is 2.76. The Morgan fingerprint density at radius 1 is 1.23 bits per heavy atom. The first-order valence-electron chi connectivity index (χ1n) is 7.79. The van der Waals surface area contributed by atoms with Crippen LogP contribution in [0.2, 0.25) is 0 Å². The van der Waals surface area contributed by atoms with Crippen molar-refractivity contribution in [2.45, 2.75) is 6.92 Å². The van der Waals surface area contributed by atoms with E-state index in [0.717, 1.165) is 15.7 Å². The van der Waals surface area contributed by atoms with Crippen LogP contribution >= 0.6 is 11.3 Å². The van der Waals surface area contributed by atoms with Crippen molar-refractivity contribution in [2.24, 2.45) is 7.05 Å². The summed E-state index contributed by atoms with van der Waals surface area (Å²) in [7, 11) is 5.46. The first kappa shape index (κ1) is 17.6. The third kappa shape index (κ3) is 2.82. The lowest BCUT2D eigenvalue weighted by molar-refractivity contribution is 0.0687. The summed E-state index contributed by atoms with van der Waals surface area (Å²) in [4.78, 5) is 13.6. The average molecular weight is 367 g/mol. The molecule has 0 saturated heterocycles. The molecular weight excluding hydrogens is 350 g/mol. The van der Waals surface area contributed by atoms with E-state index in [2.05, 4.69) is 16.3 Å². The summed E-state index contributed by atoms with van der Waals surface area (Å²) in [6, 6.07) is 9.49. The van der Waals surface area contributed by atoms with Gasteiger partial charge in [0.25, 0.3) is 0 Å². The van der Waals surface area contributed by atoms with Gasteiger partial charge in [-0.25, -0.2) is 4.79 Å². The number of carboxylic acid groups (broad SMARTS) is 1. The number of nitrogens with zero attached hydrogens (tertiary/aromatic N) is 5. The zero-order chi connectivity index (χ0) is 19.0. The molecule has 3 rings (SSSR count). The maximum Gasteiger partial charge on any atom is 0.353 e. The molecule has 26 heavy (non-hydrogen) atoms. The number of carboxylic acids is 1. The smallest absolute Gasteiger partial charge is 0.353 e. The van der Waals surface area contributed by atoms with Crippen LogP contribution in [-0.2, 0) is 7.05 Å². The highest BCUT2D eigenvalue weighted by Gasteiger charge is 2.24. The molecule has 3 aromatic rings. The van der Waals surface area contributed by atoms with Gasteiger partial charge in [-0.2, -0.15) is 5.26 Å². The molecule has 0 spiro atoms. The molecule has 2 heterocycles. The van der Waals surface area contributed by atoms with Crippen molar-refractivity contribution in [3.05, 3.63) is 41.2 Å². The molecule has 0 aliphatic carbocycles. The van der Waals surface area contributed by atoms with Crippen LogP contribution in [0.15, 0.2) is 24.3 Å². The summed E-state index contributed by atoms with van der Waals surface area (Å²) in [5.74, 6) is -1.06. The van der Waals surface area contributed by atoms with Crippen LogP contribution in [0, 0.1) is 18.3 Å². The summed E-state index contributed by atoms with van der Waals surface area (Å²) in [5, 5.41) is 29.0. The molecule has 0 saturated carbocycles. The number of aromatic nitrogens is 3. The highest BCUT2D eigenvalue weighted by molar-refractivity contribution is 7.18. The Kier molecular flexibility index (Phi) is 4.49. The molecule has 0 radical (unpaired) electrons. The zero-order valence-electron chi connectivity index (χ0n) is 14.8. The van der Waals surface area contributed by atoms with Gasteiger partial charge in [0, 0.05) is 38.0 Å². The number of hydrogen-bond acceptors (Lipinski definition) is 6. The number of nitriles is 1. The Bertz CT molecular complexity index is 1030. The quantitative estimate of drug-likeness (QED) is 0.761. The molecule has 0 atom stereocenters. The summed E-state index contributed by atoms with van der Waals surface area (Å²) in [5.41, 5.74) is 3.13. The molecule has 0 aliphatic rings. The molecule has 0 fully saturated rings. The molecule has 132 valence electrons. The van der Waals surface area contributed by atoms with E-state index in [1.807, 2.05) is 43.3 Å². The van der Waals surface area contributed by atoms with Crippen LogP contribution in [0.1, 0.15) is 21.7 Å². The summed E-state index contributed by atoms with van der Waals surface area (Å²) in [6.07, 6.45) is 0. The van der Waals surface area contributed by atoms with Gasteiger partial charge in [0.2, 0.25) is 5.13 Å². The van der Waals surface area contributed by atoms with E-state index < -0.39 is 5.97 Å². The van der Waals surface area contributed by atoms with E-state index in [0.29, 0.717) is 22.4 Å². The minimum Gasteiger partial charge on any atom is -0.477 e. The second kappa shape index (κ2) is 6.61. The third-order valence-electron chi connectivity index (χ3n) is 4.22. The van der Waals surface area contributed by atoms with Gasteiger partial charge in [-0.1, -0.05) is 35.6 Å². The van der Waals surface area contributed by atoms with E-state index in [4.69, 9.17) is 0 Å².